The van der Waals surface area contributed by atoms with Crippen LogP contribution in [0.15, 0.2) is 0 Å². The first-order valence-corrected chi connectivity index (χ1v) is 5.57. The Hall–Kier alpha value is -0.520. The highest BCUT2D eigenvalue weighted by atomic mass is 16.5. The van der Waals surface area contributed by atoms with Gasteiger partial charge in [-0.1, -0.05) is 20.8 Å². The number of ether oxygens (including phenoxy) is 1. The minimum Gasteiger partial charge on any atom is -0.379 e. The third-order valence-corrected chi connectivity index (χ3v) is 2.60. The van der Waals surface area contributed by atoms with Crippen LogP contribution in [0.3, 0.4) is 0 Å². The van der Waals surface area contributed by atoms with Crippen molar-refractivity contribution >= 4 is 0 Å². The highest BCUT2D eigenvalue weighted by Crippen LogP contribution is 2.26. The van der Waals surface area contributed by atoms with Gasteiger partial charge in [0.25, 0.3) is 0 Å². The van der Waals surface area contributed by atoms with Crippen LogP contribution in [-0.4, -0.2) is 26.3 Å². The molecule has 0 amide bonds. The van der Waals surface area contributed by atoms with Gasteiger partial charge < -0.3 is 10.1 Å². The average molecular weight is 211 g/mol. The number of rotatable bonds is 5. The van der Waals surface area contributed by atoms with Gasteiger partial charge >= 0.3 is 0 Å². The summed E-state index contributed by atoms with van der Waals surface area (Å²) in [5.74, 6) is 6.02. The first kappa shape index (κ1) is 14.5. The van der Waals surface area contributed by atoms with E-state index in [1.807, 2.05) is 14.0 Å². The minimum absolute atomic E-state index is 0.155. The van der Waals surface area contributed by atoms with E-state index in [1.165, 1.54) is 0 Å². The lowest BCUT2D eigenvalue weighted by Gasteiger charge is -2.35. The summed E-state index contributed by atoms with van der Waals surface area (Å²) in [7, 11) is 3.77. The van der Waals surface area contributed by atoms with E-state index in [1.54, 1.807) is 7.11 Å². The number of likely N-dealkylation sites (N-methyl/N-ethyl adjacent to an activating group) is 1. The van der Waals surface area contributed by atoms with Crippen molar-refractivity contribution < 1.29 is 4.74 Å². The van der Waals surface area contributed by atoms with Gasteiger partial charge in [-0.3, -0.25) is 0 Å². The lowest BCUT2D eigenvalue weighted by atomic mass is 9.83. The quantitative estimate of drug-likeness (QED) is 0.705. The summed E-state index contributed by atoms with van der Waals surface area (Å²) in [6.07, 6.45) is 2.19. The van der Waals surface area contributed by atoms with Crippen LogP contribution in [0.1, 0.15) is 40.5 Å². The second-order valence-corrected chi connectivity index (χ2v) is 4.88. The number of nitrogens with one attached hydrogen (secondary N) is 1. The fourth-order valence-electron chi connectivity index (χ4n) is 1.92. The summed E-state index contributed by atoms with van der Waals surface area (Å²) < 4.78 is 5.59. The first-order valence-electron chi connectivity index (χ1n) is 5.57. The van der Waals surface area contributed by atoms with Crippen LogP contribution < -0.4 is 5.32 Å². The molecule has 2 atom stereocenters. The van der Waals surface area contributed by atoms with E-state index < -0.39 is 0 Å². The average Bonchev–Trinajstić information content (AvgIpc) is 2.14. The van der Waals surface area contributed by atoms with Crippen molar-refractivity contribution in [2.45, 2.75) is 52.7 Å². The van der Waals surface area contributed by atoms with Gasteiger partial charge in [0, 0.05) is 19.6 Å². The predicted molar refractivity (Wildman–Crippen MR) is 65.8 cm³/mol. The molecule has 15 heavy (non-hydrogen) atoms. The lowest BCUT2D eigenvalue weighted by Crippen LogP contribution is -2.46. The molecule has 0 radical (unpaired) electrons. The van der Waals surface area contributed by atoms with E-state index in [9.17, 15) is 0 Å². The molecule has 0 heterocycles. The lowest BCUT2D eigenvalue weighted by molar-refractivity contribution is -0.0109. The summed E-state index contributed by atoms with van der Waals surface area (Å²) in [6.45, 7) is 8.50. The molecule has 0 rings (SSSR count). The van der Waals surface area contributed by atoms with E-state index in [4.69, 9.17) is 4.74 Å². The molecule has 0 spiro atoms. The highest BCUT2D eigenvalue weighted by Gasteiger charge is 2.30. The van der Waals surface area contributed by atoms with Crippen molar-refractivity contribution in [1.29, 1.82) is 0 Å². The van der Waals surface area contributed by atoms with Gasteiger partial charge in [-0.05, 0) is 25.8 Å². The summed E-state index contributed by atoms with van der Waals surface area (Å²) in [5.41, 5.74) is 0.155. The third-order valence-electron chi connectivity index (χ3n) is 2.60. The summed E-state index contributed by atoms with van der Waals surface area (Å²) in [4.78, 5) is 0. The zero-order chi connectivity index (χ0) is 11.9. The zero-order valence-electron chi connectivity index (χ0n) is 11.0. The minimum atomic E-state index is 0.155. The molecule has 0 aromatic heterocycles. The molecule has 1 N–H and O–H groups in total. The van der Waals surface area contributed by atoms with Crippen LogP contribution in [-0.2, 0) is 4.74 Å². The summed E-state index contributed by atoms with van der Waals surface area (Å²) in [5, 5.41) is 3.33. The maximum absolute atomic E-state index is 5.59. The molecule has 2 heteroatoms. The van der Waals surface area contributed by atoms with E-state index in [-0.39, 0.29) is 11.5 Å². The number of hydrogen-bond donors (Lipinski definition) is 1. The van der Waals surface area contributed by atoms with Gasteiger partial charge in [-0.25, -0.2) is 0 Å². The zero-order valence-corrected chi connectivity index (χ0v) is 11.0. The van der Waals surface area contributed by atoms with E-state index in [0.717, 1.165) is 12.8 Å². The second-order valence-electron chi connectivity index (χ2n) is 4.88. The van der Waals surface area contributed by atoms with Crippen molar-refractivity contribution in [3.8, 4) is 11.8 Å². The molecule has 0 saturated carbocycles. The highest BCUT2D eigenvalue weighted by molar-refractivity contribution is 4.97. The Bertz CT molecular complexity index is 219. The molecule has 0 saturated heterocycles. The summed E-state index contributed by atoms with van der Waals surface area (Å²) >= 11 is 0. The first-order chi connectivity index (χ1) is 6.97. The summed E-state index contributed by atoms with van der Waals surface area (Å²) in [6, 6.07) is 0.371. The molecule has 0 aromatic rings. The molecule has 0 fully saturated rings. The monoisotopic (exact) mass is 211 g/mol. The largest absolute Gasteiger partial charge is 0.379 e. The molecule has 0 aliphatic rings. The normalized spacial score (nSPS) is 15.3. The van der Waals surface area contributed by atoms with Crippen LogP contribution in [0.5, 0.6) is 0 Å². The molecule has 0 bridgehead atoms. The Morgan fingerprint density at radius 1 is 1.33 bits per heavy atom. The van der Waals surface area contributed by atoms with E-state index in [2.05, 4.69) is 37.9 Å². The third kappa shape index (κ3) is 5.20. The van der Waals surface area contributed by atoms with Crippen molar-refractivity contribution in [2.24, 2.45) is 5.41 Å². The molecule has 0 aromatic carbocycles. The molecule has 88 valence electrons. The Balaban J connectivity index is 4.38. The van der Waals surface area contributed by atoms with Crippen LogP contribution in [0.2, 0.25) is 0 Å². The molecule has 0 aliphatic heterocycles. The van der Waals surface area contributed by atoms with Gasteiger partial charge in [0.1, 0.15) is 0 Å². The van der Waals surface area contributed by atoms with Gasteiger partial charge in [0.2, 0.25) is 0 Å². The number of methoxy groups -OCH3 is 1. The number of hydrogen-bond acceptors (Lipinski definition) is 2. The molecular weight excluding hydrogens is 186 g/mol. The van der Waals surface area contributed by atoms with Gasteiger partial charge in [0.15, 0.2) is 0 Å². The SMILES string of the molecule is CC#CCCC(NC)C(OC)C(C)(C)C. The standard InChI is InChI=1S/C13H25NO/c1-7-8-9-10-11(14-5)12(15-6)13(2,3)4/h11-12,14H,9-10H2,1-6H3. The predicted octanol–water partition coefficient (Wildman–Crippen LogP) is 2.44. The van der Waals surface area contributed by atoms with Gasteiger partial charge in [-0.2, -0.15) is 0 Å². The molecule has 2 nitrogen and oxygen atoms in total. The Kier molecular flexibility index (Phi) is 6.63. The Labute approximate surface area is 94.8 Å². The van der Waals surface area contributed by atoms with Crippen LogP contribution in [0.25, 0.3) is 0 Å². The molecule has 2 unspecified atom stereocenters. The van der Waals surface area contributed by atoms with Crippen molar-refractivity contribution in [3.63, 3.8) is 0 Å². The fraction of sp³-hybridized carbons (Fsp3) is 0.846. The maximum Gasteiger partial charge on any atom is 0.0772 e. The van der Waals surface area contributed by atoms with Gasteiger partial charge in [0.05, 0.1) is 6.10 Å². The van der Waals surface area contributed by atoms with Crippen LogP contribution in [0, 0.1) is 17.3 Å². The smallest absolute Gasteiger partial charge is 0.0772 e. The maximum atomic E-state index is 5.59. The van der Waals surface area contributed by atoms with Crippen LogP contribution in [0.4, 0.5) is 0 Å². The van der Waals surface area contributed by atoms with Crippen molar-refractivity contribution in [3.05, 3.63) is 0 Å². The van der Waals surface area contributed by atoms with Gasteiger partial charge in [-0.15, -0.1) is 11.8 Å². The van der Waals surface area contributed by atoms with Crippen molar-refractivity contribution in [1.82, 2.24) is 5.32 Å². The van der Waals surface area contributed by atoms with Crippen molar-refractivity contribution in [2.75, 3.05) is 14.2 Å². The van der Waals surface area contributed by atoms with E-state index >= 15 is 0 Å². The fourth-order valence-corrected chi connectivity index (χ4v) is 1.92. The van der Waals surface area contributed by atoms with Crippen LogP contribution >= 0.6 is 0 Å². The molecule has 0 aliphatic carbocycles. The Morgan fingerprint density at radius 3 is 2.27 bits per heavy atom. The van der Waals surface area contributed by atoms with E-state index in [0.29, 0.717) is 6.04 Å². The molecular formula is C13H25NO. The second kappa shape index (κ2) is 6.87. The Morgan fingerprint density at radius 2 is 1.93 bits per heavy atom. The topological polar surface area (TPSA) is 21.3 Å².